The predicted octanol–water partition coefficient (Wildman–Crippen LogP) is 4.31. The standard InChI is InChI=1S/C18H18O2/c1-14-8-11-17(12-9-14)18(20-15(2)19)13-10-16-6-4-3-5-7-16/h3-13,18H,1-2H3/b13-10+/t18-/m0/s1. The predicted molar refractivity (Wildman–Crippen MR) is 81.2 cm³/mol. The summed E-state index contributed by atoms with van der Waals surface area (Å²) in [6.07, 6.45) is 3.52. The quantitative estimate of drug-likeness (QED) is 0.771. The number of carbonyl (C=O) groups is 1. The van der Waals surface area contributed by atoms with Gasteiger partial charge in [-0.2, -0.15) is 0 Å². The Balaban J connectivity index is 2.21. The van der Waals surface area contributed by atoms with Crippen LogP contribution in [-0.4, -0.2) is 5.97 Å². The topological polar surface area (TPSA) is 26.3 Å². The van der Waals surface area contributed by atoms with Crippen LogP contribution < -0.4 is 0 Å². The molecule has 2 aromatic carbocycles. The highest BCUT2D eigenvalue weighted by atomic mass is 16.5. The molecule has 2 nitrogen and oxygen atoms in total. The van der Waals surface area contributed by atoms with Gasteiger partial charge in [0.25, 0.3) is 0 Å². The lowest BCUT2D eigenvalue weighted by molar-refractivity contribution is -0.144. The Labute approximate surface area is 119 Å². The molecule has 0 heterocycles. The second kappa shape index (κ2) is 6.71. The van der Waals surface area contributed by atoms with E-state index in [1.54, 1.807) is 0 Å². The van der Waals surface area contributed by atoms with Gasteiger partial charge in [0, 0.05) is 6.92 Å². The highest BCUT2D eigenvalue weighted by molar-refractivity contribution is 5.67. The van der Waals surface area contributed by atoms with E-state index in [4.69, 9.17) is 4.74 Å². The van der Waals surface area contributed by atoms with Gasteiger partial charge >= 0.3 is 5.97 Å². The molecule has 0 bridgehead atoms. The van der Waals surface area contributed by atoms with E-state index in [1.807, 2.05) is 73.7 Å². The smallest absolute Gasteiger partial charge is 0.303 e. The van der Waals surface area contributed by atoms with Gasteiger partial charge in [-0.15, -0.1) is 0 Å². The van der Waals surface area contributed by atoms with Crippen molar-refractivity contribution in [1.82, 2.24) is 0 Å². The van der Waals surface area contributed by atoms with Crippen LogP contribution in [0.1, 0.15) is 29.7 Å². The summed E-state index contributed by atoms with van der Waals surface area (Å²) in [6.45, 7) is 3.46. The molecule has 0 spiro atoms. The maximum atomic E-state index is 11.2. The van der Waals surface area contributed by atoms with Crippen molar-refractivity contribution in [3.05, 3.63) is 77.4 Å². The number of benzene rings is 2. The van der Waals surface area contributed by atoms with E-state index in [0.29, 0.717) is 0 Å². The fourth-order valence-corrected chi connectivity index (χ4v) is 1.92. The molecule has 0 unspecified atom stereocenters. The van der Waals surface area contributed by atoms with E-state index >= 15 is 0 Å². The first-order chi connectivity index (χ1) is 9.65. The molecule has 0 saturated carbocycles. The summed E-state index contributed by atoms with van der Waals surface area (Å²) < 4.78 is 5.37. The summed E-state index contributed by atoms with van der Waals surface area (Å²) in [7, 11) is 0. The third kappa shape index (κ3) is 4.09. The molecule has 20 heavy (non-hydrogen) atoms. The lowest BCUT2D eigenvalue weighted by Crippen LogP contribution is -2.06. The van der Waals surface area contributed by atoms with Crippen molar-refractivity contribution >= 4 is 12.0 Å². The average Bonchev–Trinajstić information content (AvgIpc) is 2.45. The van der Waals surface area contributed by atoms with Crippen molar-refractivity contribution in [2.24, 2.45) is 0 Å². The van der Waals surface area contributed by atoms with Gasteiger partial charge in [0.15, 0.2) is 0 Å². The second-order valence-corrected chi connectivity index (χ2v) is 4.71. The molecule has 0 N–H and O–H groups in total. The Hall–Kier alpha value is -2.35. The van der Waals surface area contributed by atoms with Crippen molar-refractivity contribution < 1.29 is 9.53 Å². The Morgan fingerprint density at radius 2 is 1.70 bits per heavy atom. The fraction of sp³-hybridized carbons (Fsp3) is 0.167. The molecule has 1 atom stereocenters. The number of rotatable bonds is 4. The lowest BCUT2D eigenvalue weighted by atomic mass is 10.1. The van der Waals surface area contributed by atoms with Gasteiger partial charge in [-0.1, -0.05) is 66.2 Å². The summed E-state index contributed by atoms with van der Waals surface area (Å²) in [5.41, 5.74) is 3.23. The minimum absolute atomic E-state index is 0.284. The van der Waals surface area contributed by atoms with Gasteiger partial charge in [-0.25, -0.2) is 0 Å². The Bertz CT molecular complexity index is 583. The maximum absolute atomic E-state index is 11.2. The van der Waals surface area contributed by atoms with Gasteiger partial charge in [0.05, 0.1) is 0 Å². The summed E-state index contributed by atoms with van der Waals surface area (Å²) >= 11 is 0. The highest BCUT2D eigenvalue weighted by Gasteiger charge is 2.10. The van der Waals surface area contributed by atoms with Crippen molar-refractivity contribution in [1.29, 1.82) is 0 Å². The van der Waals surface area contributed by atoms with Crippen LogP contribution >= 0.6 is 0 Å². The molecule has 2 heteroatoms. The van der Waals surface area contributed by atoms with E-state index in [1.165, 1.54) is 12.5 Å². The van der Waals surface area contributed by atoms with Gasteiger partial charge in [0.2, 0.25) is 0 Å². The van der Waals surface area contributed by atoms with Crippen LogP contribution in [0.25, 0.3) is 6.08 Å². The molecule has 0 amide bonds. The molecular formula is C18H18O2. The number of carbonyl (C=O) groups excluding carboxylic acids is 1. The molecule has 2 aromatic rings. The molecule has 0 fully saturated rings. The third-order valence-electron chi connectivity index (χ3n) is 2.96. The van der Waals surface area contributed by atoms with E-state index in [-0.39, 0.29) is 12.1 Å². The van der Waals surface area contributed by atoms with Crippen molar-refractivity contribution in [3.8, 4) is 0 Å². The largest absolute Gasteiger partial charge is 0.453 e. The lowest BCUT2D eigenvalue weighted by Gasteiger charge is -2.13. The van der Waals surface area contributed by atoms with Crippen LogP contribution in [0.4, 0.5) is 0 Å². The SMILES string of the molecule is CC(=O)O[C@@H](/C=C/c1ccccc1)c1ccc(C)cc1. The zero-order valence-corrected chi connectivity index (χ0v) is 11.7. The van der Waals surface area contributed by atoms with E-state index in [9.17, 15) is 4.79 Å². The number of hydrogen-bond donors (Lipinski definition) is 0. The molecule has 102 valence electrons. The first-order valence-corrected chi connectivity index (χ1v) is 6.62. The van der Waals surface area contributed by atoms with Gasteiger partial charge in [-0.3, -0.25) is 4.79 Å². The van der Waals surface area contributed by atoms with Crippen LogP contribution in [0.2, 0.25) is 0 Å². The normalized spacial score (nSPS) is 12.3. The number of esters is 1. The van der Waals surface area contributed by atoms with Crippen LogP contribution in [0.5, 0.6) is 0 Å². The molecule has 0 radical (unpaired) electrons. The van der Waals surface area contributed by atoms with Gasteiger partial charge < -0.3 is 4.74 Å². The first kappa shape index (κ1) is 14.1. The summed E-state index contributed by atoms with van der Waals surface area (Å²) in [5.74, 6) is -0.284. The number of ether oxygens (including phenoxy) is 1. The number of aryl methyl sites for hydroxylation is 1. The van der Waals surface area contributed by atoms with Crippen molar-refractivity contribution in [3.63, 3.8) is 0 Å². The van der Waals surface area contributed by atoms with Gasteiger partial charge in [0.1, 0.15) is 6.10 Å². The molecule has 0 aromatic heterocycles. The van der Waals surface area contributed by atoms with Crippen LogP contribution in [-0.2, 0) is 9.53 Å². The minimum Gasteiger partial charge on any atom is -0.453 e. The van der Waals surface area contributed by atoms with E-state index < -0.39 is 0 Å². The Morgan fingerprint density at radius 3 is 2.30 bits per heavy atom. The monoisotopic (exact) mass is 266 g/mol. The molecule has 2 rings (SSSR count). The molecule has 0 aliphatic heterocycles. The Morgan fingerprint density at radius 1 is 1.05 bits per heavy atom. The zero-order chi connectivity index (χ0) is 14.4. The minimum atomic E-state index is -0.353. The fourth-order valence-electron chi connectivity index (χ4n) is 1.92. The van der Waals surface area contributed by atoms with Crippen molar-refractivity contribution in [2.45, 2.75) is 20.0 Å². The second-order valence-electron chi connectivity index (χ2n) is 4.71. The Kier molecular flexibility index (Phi) is 4.72. The molecule has 0 aliphatic carbocycles. The van der Waals surface area contributed by atoms with Crippen LogP contribution in [0.3, 0.4) is 0 Å². The summed E-state index contributed by atoms with van der Waals surface area (Å²) in [4.78, 5) is 11.2. The van der Waals surface area contributed by atoms with Crippen LogP contribution in [0, 0.1) is 6.92 Å². The van der Waals surface area contributed by atoms with E-state index in [2.05, 4.69) is 0 Å². The molecule has 0 saturated heterocycles. The number of hydrogen-bond acceptors (Lipinski definition) is 2. The van der Waals surface area contributed by atoms with E-state index in [0.717, 1.165) is 11.1 Å². The van der Waals surface area contributed by atoms with Crippen molar-refractivity contribution in [2.75, 3.05) is 0 Å². The molecule has 0 aliphatic rings. The zero-order valence-electron chi connectivity index (χ0n) is 11.7. The van der Waals surface area contributed by atoms with Gasteiger partial charge in [-0.05, 0) is 24.1 Å². The summed E-state index contributed by atoms with van der Waals surface area (Å²) in [6, 6.07) is 18.0. The maximum Gasteiger partial charge on any atom is 0.303 e. The van der Waals surface area contributed by atoms with Crippen LogP contribution in [0.15, 0.2) is 60.7 Å². The first-order valence-electron chi connectivity index (χ1n) is 6.62. The molecular weight excluding hydrogens is 248 g/mol. The average molecular weight is 266 g/mol. The highest BCUT2D eigenvalue weighted by Crippen LogP contribution is 2.21. The third-order valence-corrected chi connectivity index (χ3v) is 2.96. The summed E-state index contributed by atoms with van der Waals surface area (Å²) in [5, 5.41) is 0.